The number of methoxy groups -OCH3 is 1. The molecule has 4 rings (SSSR count). The number of para-hydroxylation sites is 2. The van der Waals surface area contributed by atoms with Gasteiger partial charge in [-0.1, -0.05) is 24.3 Å². The van der Waals surface area contributed by atoms with Gasteiger partial charge >= 0.3 is 0 Å². The van der Waals surface area contributed by atoms with E-state index in [-0.39, 0.29) is 25.9 Å². The largest absolute Gasteiger partial charge is 0.493 e. The lowest BCUT2D eigenvalue weighted by Crippen LogP contribution is -2.29. The molecule has 184 valence electrons. The third kappa shape index (κ3) is 5.96. The van der Waals surface area contributed by atoms with Crippen molar-refractivity contribution in [3.8, 4) is 23.0 Å². The highest BCUT2D eigenvalue weighted by atomic mass is 32.2. The highest BCUT2D eigenvalue weighted by Crippen LogP contribution is 2.36. The normalized spacial score (nSPS) is 12.2. The molecule has 0 spiro atoms. The van der Waals surface area contributed by atoms with Gasteiger partial charge in [0.25, 0.3) is 5.91 Å². The SMILES string of the molecule is COc1ccccc1OCCNC(=O)c1ccc(CN(c2ccc3c(c2)OCO3)S(C)(=O)=O)cc1. The summed E-state index contributed by atoms with van der Waals surface area (Å²) < 4.78 is 47.8. The predicted octanol–water partition coefficient (Wildman–Crippen LogP) is 3.20. The Morgan fingerprint density at radius 2 is 1.71 bits per heavy atom. The van der Waals surface area contributed by atoms with E-state index in [1.54, 1.807) is 61.7 Å². The second-order valence-corrected chi connectivity index (χ2v) is 9.67. The van der Waals surface area contributed by atoms with Gasteiger partial charge in [0.15, 0.2) is 23.0 Å². The topological polar surface area (TPSA) is 103 Å². The highest BCUT2D eigenvalue weighted by Gasteiger charge is 2.22. The Labute approximate surface area is 204 Å². The Balaban J connectivity index is 1.35. The second kappa shape index (κ2) is 10.6. The number of fused-ring (bicyclic) bond motifs is 1. The van der Waals surface area contributed by atoms with E-state index in [0.717, 1.165) is 11.8 Å². The maximum Gasteiger partial charge on any atom is 0.251 e. The zero-order valence-electron chi connectivity index (χ0n) is 19.4. The molecule has 0 radical (unpaired) electrons. The summed E-state index contributed by atoms with van der Waals surface area (Å²) in [6.07, 6.45) is 1.15. The van der Waals surface area contributed by atoms with Crippen LogP contribution in [0.15, 0.2) is 66.7 Å². The number of anilines is 1. The zero-order valence-corrected chi connectivity index (χ0v) is 20.2. The molecule has 0 saturated carbocycles. The zero-order chi connectivity index (χ0) is 24.8. The number of hydrogen-bond acceptors (Lipinski definition) is 7. The molecule has 35 heavy (non-hydrogen) atoms. The highest BCUT2D eigenvalue weighted by molar-refractivity contribution is 7.92. The summed E-state index contributed by atoms with van der Waals surface area (Å²) in [7, 11) is -2.00. The monoisotopic (exact) mass is 498 g/mol. The fraction of sp³-hybridized carbons (Fsp3) is 0.240. The molecule has 9 nitrogen and oxygen atoms in total. The van der Waals surface area contributed by atoms with E-state index < -0.39 is 10.0 Å². The van der Waals surface area contributed by atoms with Crippen LogP contribution in [0.5, 0.6) is 23.0 Å². The molecule has 1 heterocycles. The lowest BCUT2D eigenvalue weighted by atomic mass is 10.1. The van der Waals surface area contributed by atoms with E-state index in [9.17, 15) is 13.2 Å². The van der Waals surface area contributed by atoms with Crippen LogP contribution in [0.4, 0.5) is 5.69 Å². The Kier molecular flexibility index (Phi) is 7.31. The van der Waals surface area contributed by atoms with E-state index in [1.165, 1.54) is 4.31 Å². The van der Waals surface area contributed by atoms with Crippen molar-refractivity contribution in [2.45, 2.75) is 6.54 Å². The predicted molar refractivity (Wildman–Crippen MR) is 131 cm³/mol. The number of carbonyl (C=O) groups is 1. The van der Waals surface area contributed by atoms with Gasteiger partial charge in [0.2, 0.25) is 16.8 Å². The van der Waals surface area contributed by atoms with Gasteiger partial charge in [-0.2, -0.15) is 0 Å². The van der Waals surface area contributed by atoms with Gasteiger partial charge in [-0.3, -0.25) is 9.10 Å². The minimum atomic E-state index is -3.57. The molecule has 1 aliphatic heterocycles. The van der Waals surface area contributed by atoms with Crippen LogP contribution in [-0.2, 0) is 16.6 Å². The molecule has 1 amide bonds. The van der Waals surface area contributed by atoms with E-state index in [0.29, 0.717) is 40.8 Å². The van der Waals surface area contributed by atoms with Crippen LogP contribution in [0.3, 0.4) is 0 Å². The number of amides is 1. The van der Waals surface area contributed by atoms with E-state index in [2.05, 4.69) is 5.32 Å². The Bertz CT molecular complexity index is 1290. The summed E-state index contributed by atoms with van der Waals surface area (Å²) in [6.45, 7) is 0.800. The standard InChI is InChI=1S/C25H26N2O7S/c1-31-21-5-3-4-6-22(21)32-14-13-26-25(28)19-9-7-18(8-10-19)16-27(35(2,29)30)20-11-12-23-24(15-20)34-17-33-23/h3-12,15H,13-14,16-17H2,1-2H3,(H,26,28). The van der Waals surface area contributed by atoms with Crippen molar-refractivity contribution in [3.63, 3.8) is 0 Å². The summed E-state index contributed by atoms with van der Waals surface area (Å²) in [5.41, 5.74) is 1.65. The van der Waals surface area contributed by atoms with Crippen molar-refractivity contribution in [3.05, 3.63) is 77.9 Å². The molecule has 1 aliphatic rings. The number of nitrogens with zero attached hydrogens (tertiary/aromatic N) is 1. The van der Waals surface area contributed by atoms with Crippen molar-refractivity contribution >= 4 is 21.6 Å². The van der Waals surface area contributed by atoms with Crippen molar-refractivity contribution in [2.75, 3.05) is 37.6 Å². The number of nitrogens with one attached hydrogen (secondary N) is 1. The molecule has 1 N–H and O–H groups in total. The number of benzene rings is 3. The average molecular weight is 499 g/mol. The molecule has 10 heteroatoms. The molecule has 3 aromatic carbocycles. The summed E-state index contributed by atoms with van der Waals surface area (Å²) in [6, 6.07) is 19.0. The van der Waals surface area contributed by atoms with Gasteiger partial charge in [-0.15, -0.1) is 0 Å². The molecule has 0 fully saturated rings. The smallest absolute Gasteiger partial charge is 0.251 e. The van der Waals surface area contributed by atoms with E-state index in [1.807, 2.05) is 12.1 Å². The first-order chi connectivity index (χ1) is 16.8. The van der Waals surface area contributed by atoms with Crippen molar-refractivity contribution in [1.82, 2.24) is 5.32 Å². The average Bonchev–Trinajstić information content (AvgIpc) is 3.33. The van der Waals surface area contributed by atoms with Crippen molar-refractivity contribution in [1.29, 1.82) is 0 Å². The van der Waals surface area contributed by atoms with Gasteiger partial charge in [0, 0.05) is 11.6 Å². The van der Waals surface area contributed by atoms with E-state index >= 15 is 0 Å². The summed E-state index contributed by atoms with van der Waals surface area (Å²) >= 11 is 0. The fourth-order valence-corrected chi connectivity index (χ4v) is 4.41. The molecule has 0 bridgehead atoms. The number of sulfonamides is 1. The Hall–Kier alpha value is -3.92. The molecule has 3 aromatic rings. The van der Waals surface area contributed by atoms with Crippen LogP contribution in [-0.4, -0.2) is 47.6 Å². The first kappa shape index (κ1) is 24.2. The first-order valence-corrected chi connectivity index (χ1v) is 12.7. The maximum absolute atomic E-state index is 12.5. The molecule has 0 atom stereocenters. The summed E-state index contributed by atoms with van der Waals surface area (Å²) in [5, 5.41) is 2.80. The molecule has 0 aromatic heterocycles. The van der Waals surface area contributed by atoms with Crippen LogP contribution in [0.2, 0.25) is 0 Å². The van der Waals surface area contributed by atoms with Crippen LogP contribution in [0.25, 0.3) is 0 Å². The molecule has 0 aliphatic carbocycles. The van der Waals surface area contributed by atoms with Gasteiger partial charge in [0.1, 0.15) is 6.61 Å². The molecular formula is C25H26N2O7S. The van der Waals surface area contributed by atoms with Crippen LogP contribution < -0.4 is 28.6 Å². The van der Waals surface area contributed by atoms with Crippen LogP contribution in [0.1, 0.15) is 15.9 Å². The lowest BCUT2D eigenvalue weighted by molar-refractivity contribution is 0.0946. The number of ether oxygens (including phenoxy) is 4. The number of hydrogen-bond donors (Lipinski definition) is 1. The van der Waals surface area contributed by atoms with Crippen LogP contribution in [0, 0.1) is 0 Å². The number of carbonyl (C=O) groups excluding carboxylic acids is 1. The fourth-order valence-electron chi connectivity index (χ4n) is 3.53. The third-order valence-corrected chi connectivity index (χ3v) is 6.44. The quantitative estimate of drug-likeness (QED) is 0.428. The van der Waals surface area contributed by atoms with Gasteiger partial charge in [-0.05, 0) is 42.0 Å². The second-order valence-electron chi connectivity index (χ2n) is 7.76. The van der Waals surface area contributed by atoms with Gasteiger partial charge in [0.05, 0.1) is 32.1 Å². The molecule has 0 saturated heterocycles. The lowest BCUT2D eigenvalue weighted by Gasteiger charge is -2.23. The van der Waals surface area contributed by atoms with Crippen molar-refractivity contribution in [2.24, 2.45) is 0 Å². The minimum absolute atomic E-state index is 0.104. The van der Waals surface area contributed by atoms with Gasteiger partial charge in [-0.25, -0.2) is 8.42 Å². The first-order valence-electron chi connectivity index (χ1n) is 10.9. The van der Waals surface area contributed by atoms with Crippen LogP contribution >= 0.6 is 0 Å². The van der Waals surface area contributed by atoms with Crippen molar-refractivity contribution < 1.29 is 32.2 Å². The van der Waals surface area contributed by atoms with E-state index in [4.69, 9.17) is 18.9 Å². The maximum atomic E-state index is 12.5. The van der Waals surface area contributed by atoms with Gasteiger partial charge < -0.3 is 24.3 Å². The summed E-state index contributed by atoms with van der Waals surface area (Å²) in [5.74, 6) is 2.05. The summed E-state index contributed by atoms with van der Waals surface area (Å²) in [4.78, 5) is 12.5. The Morgan fingerprint density at radius 3 is 2.43 bits per heavy atom. The molecule has 0 unspecified atom stereocenters. The Morgan fingerprint density at radius 1 is 1.00 bits per heavy atom. The molecular weight excluding hydrogens is 472 g/mol. The number of rotatable bonds is 10. The third-order valence-electron chi connectivity index (χ3n) is 5.30. The minimum Gasteiger partial charge on any atom is -0.493 e.